The lowest BCUT2D eigenvalue weighted by molar-refractivity contribution is -0.384. The van der Waals surface area contributed by atoms with Gasteiger partial charge in [0.1, 0.15) is 0 Å². The van der Waals surface area contributed by atoms with E-state index in [4.69, 9.17) is 5.73 Å². The van der Waals surface area contributed by atoms with Crippen LogP contribution in [-0.4, -0.2) is 17.4 Å². The number of nitrogens with zero attached hydrogens (tertiary/aromatic N) is 1. The molecule has 1 amide bonds. The second-order valence-corrected chi connectivity index (χ2v) is 2.83. The topological polar surface area (TPSA) is 98.3 Å². The lowest BCUT2D eigenvalue weighted by Gasteiger charge is -2.06. The van der Waals surface area contributed by atoms with E-state index >= 15 is 0 Å². The van der Waals surface area contributed by atoms with Crippen molar-refractivity contribution in [2.75, 3.05) is 11.9 Å². The highest BCUT2D eigenvalue weighted by molar-refractivity contribution is 5.80. The predicted molar refractivity (Wildman–Crippen MR) is 50.7 cm³/mol. The van der Waals surface area contributed by atoms with Crippen LogP contribution in [0.5, 0.6) is 0 Å². The van der Waals surface area contributed by atoms with E-state index in [9.17, 15) is 23.7 Å². The molecule has 0 aliphatic rings. The maximum atomic E-state index is 13.2. The first kappa shape index (κ1) is 11.8. The maximum absolute atomic E-state index is 13.2. The van der Waals surface area contributed by atoms with E-state index < -0.39 is 40.4 Å². The Morgan fingerprint density at radius 1 is 1.50 bits per heavy atom. The number of nitrogens with one attached hydrogen (secondary N) is 1. The smallest absolute Gasteiger partial charge is 0.295 e. The molecule has 0 fully saturated rings. The third kappa shape index (κ3) is 2.41. The lowest BCUT2D eigenvalue weighted by Crippen LogP contribution is -2.22. The molecule has 1 rings (SSSR count). The number of nitro benzene ring substituents is 1. The minimum Gasteiger partial charge on any atom is -0.368 e. The highest BCUT2D eigenvalue weighted by Gasteiger charge is 2.21. The minimum atomic E-state index is -1.42. The summed E-state index contributed by atoms with van der Waals surface area (Å²) in [6, 6.07) is 1.42. The summed E-state index contributed by atoms with van der Waals surface area (Å²) in [5.74, 6) is -3.52. The molecule has 6 nitrogen and oxygen atoms in total. The van der Waals surface area contributed by atoms with Crippen LogP contribution < -0.4 is 11.1 Å². The molecule has 0 heterocycles. The van der Waals surface area contributed by atoms with Gasteiger partial charge in [0.05, 0.1) is 11.5 Å². The van der Waals surface area contributed by atoms with E-state index in [0.717, 1.165) is 6.07 Å². The number of hydrogen-bond donors (Lipinski definition) is 2. The molecule has 0 aliphatic heterocycles. The summed E-state index contributed by atoms with van der Waals surface area (Å²) in [6.45, 7) is -0.527. The Morgan fingerprint density at radius 2 is 2.12 bits per heavy atom. The number of amides is 1. The zero-order valence-electron chi connectivity index (χ0n) is 7.87. The van der Waals surface area contributed by atoms with Crippen LogP contribution in [-0.2, 0) is 4.79 Å². The molecule has 16 heavy (non-hydrogen) atoms. The highest BCUT2D eigenvalue weighted by atomic mass is 19.2. The molecule has 0 aromatic heterocycles. The number of carbonyl (C=O) groups excluding carboxylic acids is 1. The molecule has 1 aromatic carbocycles. The van der Waals surface area contributed by atoms with Gasteiger partial charge in [0.25, 0.3) is 5.69 Å². The fraction of sp³-hybridized carbons (Fsp3) is 0.125. The van der Waals surface area contributed by atoms with Crippen molar-refractivity contribution in [3.8, 4) is 0 Å². The second-order valence-electron chi connectivity index (χ2n) is 2.83. The minimum absolute atomic E-state index is 0.527. The summed E-state index contributed by atoms with van der Waals surface area (Å²) < 4.78 is 26.0. The summed E-state index contributed by atoms with van der Waals surface area (Å²) in [7, 11) is 0. The van der Waals surface area contributed by atoms with Crippen LogP contribution in [0.3, 0.4) is 0 Å². The van der Waals surface area contributed by atoms with Crippen LogP contribution in [0.1, 0.15) is 0 Å². The van der Waals surface area contributed by atoms with Gasteiger partial charge in [-0.05, 0) is 6.07 Å². The second kappa shape index (κ2) is 4.51. The molecule has 0 spiro atoms. The molecule has 0 saturated carbocycles. The standard InChI is InChI=1S/C8H7F2N3O3/c9-4-1-2-5(13(15)16)8(7(4)10)12-3-6(11)14/h1-2,12H,3H2,(H2,11,14). The van der Waals surface area contributed by atoms with Crippen molar-refractivity contribution in [3.63, 3.8) is 0 Å². The van der Waals surface area contributed by atoms with Crippen LogP contribution in [0, 0.1) is 21.7 Å². The van der Waals surface area contributed by atoms with Crippen molar-refractivity contribution in [2.45, 2.75) is 0 Å². The van der Waals surface area contributed by atoms with Crippen LogP contribution in [0.4, 0.5) is 20.2 Å². The summed E-state index contributed by atoms with van der Waals surface area (Å²) >= 11 is 0. The number of nitro groups is 1. The Labute approximate surface area is 88.2 Å². The van der Waals surface area contributed by atoms with Gasteiger partial charge in [-0.1, -0.05) is 0 Å². The normalized spacial score (nSPS) is 9.88. The lowest BCUT2D eigenvalue weighted by atomic mass is 10.2. The summed E-state index contributed by atoms with van der Waals surface area (Å²) in [5.41, 5.74) is 3.41. The van der Waals surface area contributed by atoms with Gasteiger partial charge in [-0.3, -0.25) is 14.9 Å². The molecular weight excluding hydrogens is 224 g/mol. The Morgan fingerprint density at radius 3 is 2.62 bits per heavy atom. The maximum Gasteiger partial charge on any atom is 0.295 e. The van der Waals surface area contributed by atoms with Gasteiger partial charge >= 0.3 is 0 Å². The molecule has 0 radical (unpaired) electrons. The average Bonchev–Trinajstić information content (AvgIpc) is 2.19. The predicted octanol–water partition coefficient (Wildman–Crippen LogP) is 0.770. The number of rotatable bonds is 4. The van der Waals surface area contributed by atoms with Gasteiger partial charge < -0.3 is 11.1 Å². The van der Waals surface area contributed by atoms with Crippen LogP contribution in [0.15, 0.2) is 12.1 Å². The quantitative estimate of drug-likeness (QED) is 0.590. The summed E-state index contributed by atoms with van der Waals surface area (Å²) in [4.78, 5) is 20.0. The molecule has 8 heteroatoms. The Bertz CT molecular complexity index is 450. The molecule has 86 valence electrons. The van der Waals surface area contributed by atoms with Crippen molar-refractivity contribution in [1.82, 2.24) is 0 Å². The molecule has 0 atom stereocenters. The Balaban J connectivity index is 3.15. The van der Waals surface area contributed by atoms with E-state index in [-0.39, 0.29) is 0 Å². The summed E-state index contributed by atoms with van der Waals surface area (Å²) in [5, 5.41) is 12.6. The number of hydrogen-bond acceptors (Lipinski definition) is 4. The SMILES string of the molecule is NC(=O)CNc1c([N+](=O)[O-])ccc(F)c1F. The van der Waals surface area contributed by atoms with E-state index in [2.05, 4.69) is 5.32 Å². The Hall–Kier alpha value is -2.25. The van der Waals surface area contributed by atoms with Crippen molar-refractivity contribution >= 4 is 17.3 Å². The largest absolute Gasteiger partial charge is 0.368 e. The Kier molecular flexibility index (Phi) is 3.33. The van der Waals surface area contributed by atoms with E-state index in [1.54, 1.807) is 0 Å². The number of primary amides is 1. The fourth-order valence-corrected chi connectivity index (χ4v) is 1.04. The molecule has 0 aliphatic carbocycles. The monoisotopic (exact) mass is 231 g/mol. The van der Waals surface area contributed by atoms with Gasteiger partial charge in [0.2, 0.25) is 5.91 Å². The van der Waals surface area contributed by atoms with Crippen LogP contribution >= 0.6 is 0 Å². The third-order valence-corrected chi connectivity index (χ3v) is 1.71. The van der Waals surface area contributed by atoms with Gasteiger partial charge in [-0.15, -0.1) is 0 Å². The number of halogens is 2. The number of anilines is 1. The molecule has 0 saturated heterocycles. The van der Waals surface area contributed by atoms with Crippen molar-refractivity contribution < 1.29 is 18.5 Å². The molecule has 0 bridgehead atoms. The molecule has 1 aromatic rings. The third-order valence-electron chi connectivity index (χ3n) is 1.71. The van der Waals surface area contributed by atoms with Crippen molar-refractivity contribution in [3.05, 3.63) is 33.9 Å². The van der Waals surface area contributed by atoms with Gasteiger partial charge in [-0.25, -0.2) is 8.78 Å². The fourth-order valence-electron chi connectivity index (χ4n) is 1.04. The van der Waals surface area contributed by atoms with Crippen molar-refractivity contribution in [2.24, 2.45) is 5.73 Å². The highest BCUT2D eigenvalue weighted by Crippen LogP contribution is 2.28. The number of carbonyl (C=O) groups is 1. The number of nitrogens with two attached hydrogens (primary N) is 1. The first-order valence-electron chi connectivity index (χ1n) is 4.08. The van der Waals surface area contributed by atoms with Gasteiger partial charge in [0, 0.05) is 6.07 Å². The number of benzene rings is 1. The molecule has 0 unspecified atom stereocenters. The zero-order chi connectivity index (χ0) is 12.3. The molecular formula is C8H7F2N3O3. The van der Waals surface area contributed by atoms with Gasteiger partial charge in [-0.2, -0.15) is 0 Å². The zero-order valence-corrected chi connectivity index (χ0v) is 7.87. The van der Waals surface area contributed by atoms with Gasteiger partial charge in [0.15, 0.2) is 17.3 Å². The average molecular weight is 231 g/mol. The van der Waals surface area contributed by atoms with E-state index in [0.29, 0.717) is 6.07 Å². The van der Waals surface area contributed by atoms with Crippen LogP contribution in [0.2, 0.25) is 0 Å². The first-order chi connectivity index (χ1) is 7.43. The van der Waals surface area contributed by atoms with Crippen LogP contribution in [0.25, 0.3) is 0 Å². The van der Waals surface area contributed by atoms with E-state index in [1.165, 1.54) is 0 Å². The molecule has 3 N–H and O–H groups in total. The summed E-state index contributed by atoms with van der Waals surface area (Å²) in [6.07, 6.45) is 0. The van der Waals surface area contributed by atoms with Crippen molar-refractivity contribution in [1.29, 1.82) is 0 Å². The van der Waals surface area contributed by atoms with E-state index in [1.807, 2.05) is 0 Å². The first-order valence-corrected chi connectivity index (χ1v) is 4.08.